The number of hydrogen-bond donors (Lipinski definition) is 2. The van der Waals surface area contributed by atoms with Gasteiger partial charge in [-0.2, -0.15) is 4.98 Å². The van der Waals surface area contributed by atoms with Crippen LogP contribution in [-0.2, 0) is 15.8 Å². The SMILES string of the molecule is C[C@H]1[C@@H](O[Si](C)(C)C(C)(C)C)C[C@@H](Nc2nc(Cl)nc3[nH]ccc23)CN1C(=O)OCc1ccccc1. The Morgan fingerprint density at radius 3 is 2.64 bits per heavy atom. The van der Waals surface area contributed by atoms with Crippen molar-refractivity contribution < 1.29 is 14.0 Å². The smallest absolute Gasteiger partial charge is 0.410 e. The van der Waals surface area contributed by atoms with Crippen molar-refractivity contribution >= 4 is 42.9 Å². The lowest BCUT2D eigenvalue weighted by atomic mass is 9.96. The van der Waals surface area contributed by atoms with Crippen LogP contribution in [0, 0.1) is 0 Å². The fourth-order valence-corrected chi connectivity index (χ4v) is 5.80. The second kappa shape index (κ2) is 10.4. The number of aromatic nitrogens is 3. The second-order valence-electron chi connectivity index (χ2n) is 11.0. The molecule has 0 spiro atoms. The van der Waals surface area contributed by atoms with E-state index in [0.29, 0.717) is 18.0 Å². The summed E-state index contributed by atoms with van der Waals surface area (Å²) in [5, 5.41) is 4.56. The molecule has 2 N–H and O–H groups in total. The highest BCUT2D eigenvalue weighted by Gasteiger charge is 2.44. The molecule has 1 aliphatic heterocycles. The number of benzene rings is 1. The molecule has 1 amide bonds. The molecule has 0 bridgehead atoms. The summed E-state index contributed by atoms with van der Waals surface area (Å²) in [5.41, 5.74) is 1.61. The zero-order chi connectivity index (χ0) is 26.1. The van der Waals surface area contributed by atoms with Gasteiger partial charge in [0.15, 0.2) is 8.32 Å². The van der Waals surface area contributed by atoms with Crippen LogP contribution in [0.3, 0.4) is 0 Å². The Hall–Kier alpha value is -2.62. The van der Waals surface area contributed by atoms with Gasteiger partial charge in [-0.1, -0.05) is 51.1 Å². The summed E-state index contributed by atoms with van der Waals surface area (Å²) >= 11 is 6.18. The van der Waals surface area contributed by atoms with E-state index in [0.717, 1.165) is 17.4 Å². The topological polar surface area (TPSA) is 92.4 Å². The van der Waals surface area contributed by atoms with Gasteiger partial charge in [-0.3, -0.25) is 0 Å². The van der Waals surface area contributed by atoms with E-state index in [-0.39, 0.29) is 41.2 Å². The van der Waals surface area contributed by atoms with Gasteiger partial charge in [-0.15, -0.1) is 0 Å². The minimum absolute atomic E-state index is 0.0448. The highest BCUT2D eigenvalue weighted by Crippen LogP contribution is 2.39. The van der Waals surface area contributed by atoms with Crippen molar-refractivity contribution in [3.63, 3.8) is 0 Å². The number of anilines is 1. The molecule has 8 nitrogen and oxygen atoms in total. The van der Waals surface area contributed by atoms with E-state index < -0.39 is 8.32 Å². The third-order valence-corrected chi connectivity index (χ3v) is 12.1. The van der Waals surface area contributed by atoms with Crippen LogP contribution in [0.25, 0.3) is 11.0 Å². The number of amides is 1. The number of rotatable bonds is 6. The van der Waals surface area contributed by atoms with Crippen molar-refractivity contribution in [1.82, 2.24) is 19.9 Å². The van der Waals surface area contributed by atoms with Gasteiger partial charge in [0.25, 0.3) is 0 Å². The number of likely N-dealkylation sites (tertiary alicyclic amines) is 1. The first-order valence-corrected chi connectivity index (χ1v) is 15.7. The summed E-state index contributed by atoms with van der Waals surface area (Å²) in [4.78, 5) is 26.8. The number of carbonyl (C=O) groups excluding carboxylic acids is 1. The van der Waals surface area contributed by atoms with Crippen LogP contribution in [0.5, 0.6) is 0 Å². The summed E-state index contributed by atoms with van der Waals surface area (Å²) in [6, 6.07) is 11.4. The monoisotopic (exact) mass is 529 g/mol. The quantitative estimate of drug-likeness (QED) is 0.291. The van der Waals surface area contributed by atoms with Crippen LogP contribution in [0.4, 0.5) is 10.6 Å². The molecule has 1 fully saturated rings. The number of fused-ring (bicyclic) bond motifs is 1. The van der Waals surface area contributed by atoms with Crippen LogP contribution in [0.1, 0.15) is 39.7 Å². The van der Waals surface area contributed by atoms with E-state index >= 15 is 0 Å². The number of hydrogen-bond acceptors (Lipinski definition) is 6. The number of carbonyl (C=O) groups is 1. The first-order valence-electron chi connectivity index (χ1n) is 12.4. The molecule has 36 heavy (non-hydrogen) atoms. The Morgan fingerprint density at radius 1 is 1.22 bits per heavy atom. The van der Waals surface area contributed by atoms with Crippen molar-refractivity contribution in [2.45, 2.75) is 77.0 Å². The highest BCUT2D eigenvalue weighted by molar-refractivity contribution is 6.74. The number of piperidine rings is 1. The van der Waals surface area contributed by atoms with Crippen LogP contribution in [0.15, 0.2) is 42.6 Å². The van der Waals surface area contributed by atoms with Gasteiger partial charge in [0.05, 0.1) is 17.5 Å². The third kappa shape index (κ3) is 5.85. The van der Waals surface area contributed by atoms with Crippen LogP contribution < -0.4 is 5.32 Å². The van der Waals surface area contributed by atoms with Crippen molar-refractivity contribution in [2.75, 3.05) is 11.9 Å². The van der Waals surface area contributed by atoms with Gasteiger partial charge < -0.3 is 24.4 Å². The Kier molecular flexibility index (Phi) is 7.63. The Balaban J connectivity index is 1.57. The molecule has 1 saturated heterocycles. The maximum Gasteiger partial charge on any atom is 0.410 e. The molecule has 2 aromatic heterocycles. The summed E-state index contributed by atoms with van der Waals surface area (Å²) < 4.78 is 12.6. The third-order valence-electron chi connectivity index (χ3n) is 7.38. The highest BCUT2D eigenvalue weighted by atomic mass is 35.5. The van der Waals surface area contributed by atoms with Crippen LogP contribution >= 0.6 is 11.6 Å². The predicted molar refractivity (Wildman–Crippen MR) is 146 cm³/mol. The van der Waals surface area contributed by atoms with Crippen molar-refractivity contribution in [3.8, 4) is 0 Å². The summed E-state index contributed by atoms with van der Waals surface area (Å²) in [7, 11) is -2.09. The summed E-state index contributed by atoms with van der Waals surface area (Å²) in [6.07, 6.45) is 2.03. The lowest BCUT2D eigenvalue weighted by Gasteiger charge is -2.47. The van der Waals surface area contributed by atoms with Crippen molar-refractivity contribution in [1.29, 1.82) is 0 Å². The minimum atomic E-state index is -2.09. The lowest BCUT2D eigenvalue weighted by molar-refractivity contribution is 0.0117. The van der Waals surface area contributed by atoms with Gasteiger partial charge in [0.1, 0.15) is 18.1 Å². The molecular formula is C26H36ClN5O3Si. The van der Waals surface area contributed by atoms with Gasteiger partial charge in [-0.25, -0.2) is 9.78 Å². The molecule has 0 unspecified atom stereocenters. The second-order valence-corrected chi connectivity index (χ2v) is 16.1. The van der Waals surface area contributed by atoms with Gasteiger partial charge >= 0.3 is 6.09 Å². The minimum Gasteiger partial charge on any atom is -0.445 e. The normalized spacial score (nSPS) is 21.0. The number of nitrogens with one attached hydrogen (secondary N) is 2. The maximum absolute atomic E-state index is 13.3. The van der Waals surface area contributed by atoms with E-state index in [2.05, 4.69) is 54.1 Å². The van der Waals surface area contributed by atoms with E-state index in [1.54, 1.807) is 11.1 Å². The summed E-state index contributed by atoms with van der Waals surface area (Å²) in [5.74, 6) is 0.634. The number of aromatic amines is 1. The molecular weight excluding hydrogens is 494 g/mol. The van der Waals surface area contributed by atoms with E-state index in [4.69, 9.17) is 20.8 Å². The zero-order valence-electron chi connectivity index (χ0n) is 21.8. The van der Waals surface area contributed by atoms with Crippen molar-refractivity contribution in [2.24, 2.45) is 0 Å². The molecule has 0 radical (unpaired) electrons. The summed E-state index contributed by atoms with van der Waals surface area (Å²) in [6.45, 7) is 13.9. The van der Waals surface area contributed by atoms with Gasteiger partial charge in [0.2, 0.25) is 5.28 Å². The Labute approximate surface area is 218 Å². The van der Waals surface area contributed by atoms with Crippen molar-refractivity contribution in [3.05, 3.63) is 53.4 Å². The number of nitrogens with zero attached hydrogens (tertiary/aromatic N) is 3. The Morgan fingerprint density at radius 2 is 1.94 bits per heavy atom. The molecule has 10 heteroatoms. The average Bonchev–Trinajstić information content (AvgIpc) is 3.28. The standard InChI is InChI=1S/C26H36ClN5O3Si/c1-17-21(35-36(5,6)26(2,3)4)14-19(29-23-20-12-13-28-22(20)30-24(27)31-23)15-32(17)25(33)34-16-18-10-8-7-9-11-18/h7-13,17,19,21H,14-16H2,1-6H3,(H2,28,29,30,31)/t17-,19+,21-/m0/s1. The lowest BCUT2D eigenvalue weighted by Crippen LogP contribution is -2.59. The fourth-order valence-electron chi connectivity index (χ4n) is 4.22. The van der Waals surface area contributed by atoms with E-state index in [9.17, 15) is 4.79 Å². The number of H-pyrrole nitrogens is 1. The first kappa shape index (κ1) is 26.4. The van der Waals surface area contributed by atoms with E-state index in [1.165, 1.54) is 0 Å². The zero-order valence-corrected chi connectivity index (χ0v) is 23.6. The van der Waals surface area contributed by atoms with E-state index in [1.807, 2.05) is 43.3 Å². The van der Waals surface area contributed by atoms with Gasteiger partial charge in [0, 0.05) is 18.8 Å². The maximum atomic E-state index is 13.3. The van der Waals surface area contributed by atoms with Crippen LogP contribution in [-0.4, -0.2) is 59.0 Å². The first-order chi connectivity index (χ1) is 16.9. The fraction of sp³-hybridized carbons (Fsp3) is 0.500. The molecule has 1 aromatic carbocycles. The molecule has 0 saturated carbocycles. The molecule has 4 rings (SSSR count). The molecule has 3 atom stereocenters. The molecule has 3 aromatic rings. The molecule has 0 aliphatic carbocycles. The average molecular weight is 530 g/mol. The number of ether oxygens (including phenoxy) is 1. The largest absolute Gasteiger partial charge is 0.445 e. The Bertz CT molecular complexity index is 1200. The van der Waals surface area contributed by atoms with Crippen LogP contribution in [0.2, 0.25) is 23.4 Å². The molecule has 194 valence electrons. The molecule has 3 heterocycles. The number of halogens is 1. The van der Waals surface area contributed by atoms with Gasteiger partial charge in [-0.05, 0) is 54.7 Å². The predicted octanol–water partition coefficient (Wildman–Crippen LogP) is 6.21. The molecule has 1 aliphatic rings.